The van der Waals surface area contributed by atoms with E-state index in [-0.39, 0.29) is 23.0 Å². The molecule has 5 heteroatoms. The van der Waals surface area contributed by atoms with Crippen LogP contribution in [0, 0.1) is 0 Å². The number of carbonyl (C=O) groups is 1. The van der Waals surface area contributed by atoms with Crippen LogP contribution in [0.5, 0.6) is 0 Å². The van der Waals surface area contributed by atoms with Crippen LogP contribution < -0.4 is 10.6 Å². The van der Waals surface area contributed by atoms with Gasteiger partial charge in [-0.1, -0.05) is 0 Å². The number of amides is 1. The van der Waals surface area contributed by atoms with Gasteiger partial charge in [-0.25, -0.2) is 4.98 Å². The molecule has 0 saturated carbocycles. The molecule has 0 aliphatic carbocycles. The minimum atomic E-state index is -0.115. The quantitative estimate of drug-likeness (QED) is 0.870. The van der Waals surface area contributed by atoms with Crippen LogP contribution in [0.2, 0.25) is 0 Å². The molecule has 1 aliphatic rings. The highest BCUT2D eigenvalue weighted by Crippen LogP contribution is 2.28. The fourth-order valence-electron chi connectivity index (χ4n) is 3.23. The molecule has 2 N–H and O–H groups in total. The lowest BCUT2D eigenvalue weighted by atomic mass is 9.79. The van der Waals surface area contributed by atoms with Gasteiger partial charge in [0.1, 0.15) is 5.69 Å². The lowest BCUT2D eigenvalue weighted by Gasteiger charge is -2.46. The molecule has 1 aromatic rings. The molecule has 1 aliphatic heterocycles. The Balaban J connectivity index is 2.10. The number of hydrogen-bond donors (Lipinski definition) is 2. The van der Waals surface area contributed by atoms with Gasteiger partial charge in [0.15, 0.2) is 0 Å². The van der Waals surface area contributed by atoms with Crippen LogP contribution in [-0.4, -0.2) is 28.0 Å². The summed E-state index contributed by atoms with van der Waals surface area (Å²) in [7, 11) is 0. The van der Waals surface area contributed by atoms with Gasteiger partial charge in [-0.2, -0.15) is 0 Å². The fourth-order valence-corrected chi connectivity index (χ4v) is 3.67. The number of aromatic nitrogens is 1. The highest BCUT2D eigenvalue weighted by molar-refractivity contribution is 9.10. The van der Waals surface area contributed by atoms with E-state index < -0.39 is 0 Å². The average Bonchev–Trinajstić information content (AvgIpc) is 2.24. The molecule has 0 aromatic carbocycles. The summed E-state index contributed by atoms with van der Waals surface area (Å²) < 4.78 is 0.727. The predicted molar refractivity (Wildman–Crippen MR) is 83.7 cm³/mol. The summed E-state index contributed by atoms with van der Waals surface area (Å²) >= 11 is 3.37. The first-order valence-electron chi connectivity index (χ1n) is 6.89. The van der Waals surface area contributed by atoms with Crippen LogP contribution in [-0.2, 0) is 0 Å². The van der Waals surface area contributed by atoms with Gasteiger partial charge in [-0.05, 0) is 68.6 Å². The molecule has 4 nitrogen and oxygen atoms in total. The predicted octanol–water partition coefficient (Wildman–Crippen LogP) is 2.88. The van der Waals surface area contributed by atoms with E-state index in [0.717, 1.165) is 17.3 Å². The van der Waals surface area contributed by atoms with Gasteiger partial charge in [-0.3, -0.25) is 4.79 Å². The van der Waals surface area contributed by atoms with Crippen molar-refractivity contribution >= 4 is 21.8 Å². The lowest BCUT2D eigenvalue weighted by molar-refractivity contribution is 0.0867. The molecule has 110 valence electrons. The van der Waals surface area contributed by atoms with Gasteiger partial charge in [0.05, 0.1) is 0 Å². The summed E-state index contributed by atoms with van der Waals surface area (Å²) in [6.45, 7) is 8.68. The van der Waals surface area contributed by atoms with E-state index in [1.54, 1.807) is 12.3 Å². The molecule has 0 bridgehead atoms. The number of rotatable bonds is 2. The van der Waals surface area contributed by atoms with Crippen LogP contribution in [0.25, 0.3) is 0 Å². The summed E-state index contributed by atoms with van der Waals surface area (Å²) in [4.78, 5) is 16.5. The monoisotopic (exact) mass is 339 g/mol. The molecule has 1 fully saturated rings. The number of pyridine rings is 1. The van der Waals surface area contributed by atoms with E-state index in [4.69, 9.17) is 0 Å². The molecule has 0 radical (unpaired) electrons. The summed E-state index contributed by atoms with van der Waals surface area (Å²) in [5.74, 6) is -0.115. The molecule has 1 saturated heterocycles. The standard InChI is InChI=1S/C15H22BrN3O/c1-14(2)8-10(9-15(3,4)19-14)18-13(20)12-11(16)6-5-7-17-12/h5-7,10,19H,8-9H2,1-4H3,(H,18,20). The zero-order valence-corrected chi connectivity index (χ0v) is 14.0. The van der Waals surface area contributed by atoms with E-state index in [1.807, 2.05) is 6.07 Å². The molecule has 0 atom stereocenters. The van der Waals surface area contributed by atoms with E-state index in [2.05, 4.69) is 59.2 Å². The number of nitrogens with one attached hydrogen (secondary N) is 2. The van der Waals surface area contributed by atoms with Gasteiger partial charge >= 0.3 is 0 Å². The number of halogens is 1. The Labute approximate surface area is 128 Å². The number of piperidine rings is 1. The zero-order chi connectivity index (χ0) is 15.0. The van der Waals surface area contributed by atoms with Crippen LogP contribution in [0.15, 0.2) is 22.8 Å². The van der Waals surface area contributed by atoms with E-state index in [0.29, 0.717) is 5.69 Å². The third-order valence-electron chi connectivity index (χ3n) is 3.50. The third-order valence-corrected chi connectivity index (χ3v) is 4.14. The topological polar surface area (TPSA) is 54.0 Å². The normalized spacial score (nSPS) is 21.4. The summed E-state index contributed by atoms with van der Waals surface area (Å²) in [6.07, 6.45) is 3.45. The van der Waals surface area contributed by atoms with Crippen LogP contribution in [0.3, 0.4) is 0 Å². The molecule has 1 amide bonds. The molecular formula is C15H22BrN3O. The molecular weight excluding hydrogens is 318 g/mol. The maximum absolute atomic E-state index is 12.3. The molecule has 1 aromatic heterocycles. The van der Waals surface area contributed by atoms with Gasteiger partial charge < -0.3 is 10.6 Å². The Morgan fingerprint density at radius 2 is 1.95 bits per heavy atom. The number of nitrogens with zero attached hydrogens (tertiary/aromatic N) is 1. The Kier molecular flexibility index (Phi) is 4.21. The van der Waals surface area contributed by atoms with Crippen LogP contribution in [0.4, 0.5) is 0 Å². The smallest absolute Gasteiger partial charge is 0.271 e. The van der Waals surface area contributed by atoms with Gasteiger partial charge in [-0.15, -0.1) is 0 Å². The second-order valence-corrected chi connectivity index (χ2v) is 7.66. The number of carbonyl (C=O) groups excluding carboxylic acids is 1. The Hall–Kier alpha value is -0.940. The van der Waals surface area contributed by atoms with E-state index in [9.17, 15) is 4.79 Å². The summed E-state index contributed by atoms with van der Waals surface area (Å²) in [6, 6.07) is 3.79. The molecule has 0 unspecified atom stereocenters. The van der Waals surface area contributed by atoms with Crippen molar-refractivity contribution in [3.8, 4) is 0 Å². The minimum absolute atomic E-state index is 0.0149. The molecule has 0 spiro atoms. The summed E-state index contributed by atoms with van der Waals surface area (Å²) in [5.41, 5.74) is 0.476. The van der Waals surface area contributed by atoms with Gasteiger partial charge in [0.25, 0.3) is 5.91 Å². The second kappa shape index (κ2) is 5.45. The van der Waals surface area contributed by atoms with E-state index >= 15 is 0 Å². The van der Waals surface area contributed by atoms with Crippen LogP contribution >= 0.6 is 15.9 Å². The average molecular weight is 340 g/mol. The Morgan fingerprint density at radius 3 is 2.50 bits per heavy atom. The first-order chi connectivity index (χ1) is 9.19. The van der Waals surface area contributed by atoms with Crippen molar-refractivity contribution in [2.75, 3.05) is 0 Å². The molecule has 2 rings (SSSR count). The van der Waals surface area contributed by atoms with Gasteiger partial charge in [0.2, 0.25) is 0 Å². The van der Waals surface area contributed by atoms with Crippen molar-refractivity contribution in [1.29, 1.82) is 0 Å². The van der Waals surface area contributed by atoms with Gasteiger partial charge in [0, 0.05) is 27.8 Å². The highest BCUT2D eigenvalue weighted by atomic mass is 79.9. The van der Waals surface area contributed by atoms with E-state index in [1.165, 1.54) is 0 Å². The second-order valence-electron chi connectivity index (χ2n) is 6.81. The number of hydrogen-bond acceptors (Lipinski definition) is 3. The maximum Gasteiger partial charge on any atom is 0.271 e. The minimum Gasteiger partial charge on any atom is -0.348 e. The van der Waals surface area contributed by atoms with Crippen molar-refractivity contribution in [3.63, 3.8) is 0 Å². The van der Waals surface area contributed by atoms with Crippen molar-refractivity contribution < 1.29 is 4.79 Å². The van der Waals surface area contributed by atoms with Crippen molar-refractivity contribution in [1.82, 2.24) is 15.6 Å². The maximum atomic E-state index is 12.3. The molecule has 20 heavy (non-hydrogen) atoms. The van der Waals surface area contributed by atoms with Crippen molar-refractivity contribution in [2.45, 2.75) is 57.7 Å². The SMILES string of the molecule is CC1(C)CC(NC(=O)c2ncccc2Br)CC(C)(C)N1. The first kappa shape index (κ1) is 15.4. The largest absolute Gasteiger partial charge is 0.348 e. The Bertz CT molecular complexity index is 498. The summed E-state index contributed by atoms with van der Waals surface area (Å²) in [5, 5.41) is 6.73. The third kappa shape index (κ3) is 3.79. The van der Waals surface area contributed by atoms with Crippen LogP contribution in [0.1, 0.15) is 51.0 Å². The molecule has 2 heterocycles. The lowest BCUT2D eigenvalue weighted by Crippen LogP contribution is -2.62. The zero-order valence-electron chi connectivity index (χ0n) is 12.5. The van der Waals surface area contributed by atoms with Crippen molar-refractivity contribution in [2.24, 2.45) is 0 Å². The highest BCUT2D eigenvalue weighted by Gasteiger charge is 2.38. The Morgan fingerprint density at radius 1 is 1.35 bits per heavy atom. The van der Waals surface area contributed by atoms with Crippen molar-refractivity contribution in [3.05, 3.63) is 28.5 Å². The fraction of sp³-hybridized carbons (Fsp3) is 0.600. The first-order valence-corrected chi connectivity index (χ1v) is 7.69.